The largest absolute Gasteiger partial charge is 0.496 e. The molecule has 0 radical (unpaired) electrons. The average molecular weight is 268 g/mol. The van der Waals surface area contributed by atoms with Gasteiger partial charge in [-0.25, -0.2) is 0 Å². The maximum Gasteiger partial charge on any atom is 0.122 e. The Kier molecular flexibility index (Phi) is 4.18. The number of piperidine rings is 1. The molecule has 1 fully saturated rings. The van der Waals surface area contributed by atoms with Crippen molar-refractivity contribution in [1.82, 2.24) is 5.32 Å². The molecule has 1 saturated heterocycles. The Morgan fingerprint density at radius 3 is 2.78 bits per heavy atom. The van der Waals surface area contributed by atoms with Gasteiger partial charge in [0.15, 0.2) is 0 Å². The fraction of sp³-hybridized carbons (Fsp3) is 0.600. The third kappa shape index (κ3) is 2.65. The minimum atomic E-state index is 0.0731. The van der Waals surface area contributed by atoms with Crippen molar-refractivity contribution >= 4 is 11.6 Å². The van der Waals surface area contributed by atoms with Gasteiger partial charge in [0.25, 0.3) is 0 Å². The molecular weight excluding hydrogens is 246 g/mol. The molecule has 0 aromatic heterocycles. The van der Waals surface area contributed by atoms with Gasteiger partial charge in [-0.2, -0.15) is 0 Å². The lowest BCUT2D eigenvalue weighted by atomic mass is 9.70. The van der Waals surface area contributed by atoms with Gasteiger partial charge in [0, 0.05) is 10.6 Å². The number of hydrogen-bond donors (Lipinski definition) is 1. The number of nitrogens with one attached hydrogen (secondary N) is 1. The number of benzene rings is 1. The van der Waals surface area contributed by atoms with E-state index < -0.39 is 0 Å². The molecular formula is C15H22ClNO. The predicted octanol–water partition coefficient (Wildman–Crippen LogP) is 3.63. The lowest BCUT2D eigenvalue weighted by Gasteiger charge is -2.38. The van der Waals surface area contributed by atoms with E-state index >= 15 is 0 Å². The van der Waals surface area contributed by atoms with Gasteiger partial charge < -0.3 is 10.1 Å². The number of rotatable bonds is 3. The topological polar surface area (TPSA) is 21.3 Å². The van der Waals surface area contributed by atoms with E-state index in [9.17, 15) is 0 Å². The van der Waals surface area contributed by atoms with E-state index in [0.29, 0.717) is 5.92 Å². The summed E-state index contributed by atoms with van der Waals surface area (Å²) in [6.07, 6.45) is 2.51. The quantitative estimate of drug-likeness (QED) is 0.903. The van der Waals surface area contributed by atoms with Crippen molar-refractivity contribution in [2.45, 2.75) is 32.1 Å². The highest BCUT2D eigenvalue weighted by molar-refractivity contribution is 6.30. The van der Waals surface area contributed by atoms with Crippen LogP contribution >= 0.6 is 11.6 Å². The first-order valence-electron chi connectivity index (χ1n) is 6.60. The summed E-state index contributed by atoms with van der Waals surface area (Å²) < 4.78 is 5.50. The zero-order valence-electron chi connectivity index (χ0n) is 11.4. The smallest absolute Gasteiger partial charge is 0.122 e. The zero-order valence-corrected chi connectivity index (χ0v) is 12.2. The van der Waals surface area contributed by atoms with E-state index in [0.717, 1.165) is 23.9 Å². The third-order valence-corrected chi connectivity index (χ3v) is 4.41. The second kappa shape index (κ2) is 5.50. The van der Waals surface area contributed by atoms with Gasteiger partial charge in [-0.1, -0.05) is 25.4 Å². The highest BCUT2D eigenvalue weighted by Gasteiger charge is 2.34. The molecule has 18 heavy (non-hydrogen) atoms. The average Bonchev–Trinajstić information content (AvgIpc) is 2.39. The zero-order chi connectivity index (χ0) is 13.2. The predicted molar refractivity (Wildman–Crippen MR) is 76.6 cm³/mol. The molecule has 1 aromatic carbocycles. The van der Waals surface area contributed by atoms with Gasteiger partial charge in [0.1, 0.15) is 5.75 Å². The van der Waals surface area contributed by atoms with E-state index in [4.69, 9.17) is 16.3 Å². The Morgan fingerprint density at radius 1 is 1.39 bits per heavy atom. The van der Waals surface area contributed by atoms with Crippen molar-refractivity contribution in [1.29, 1.82) is 0 Å². The van der Waals surface area contributed by atoms with Gasteiger partial charge in [-0.15, -0.1) is 0 Å². The van der Waals surface area contributed by atoms with Crippen LogP contribution in [0.4, 0.5) is 0 Å². The molecule has 1 aliphatic rings. The van der Waals surface area contributed by atoms with Gasteiger partial charge >= 0.3 is 0 Å². The molecule has 0 amide bonds. The molecule has 1 aliphatic heterocycles. The van der Waals surface area contributed by atoms with E-state index in [1.165, 1.54) is 18.4 Å². The van der Waals surface area contributed by atoms with Crippen LogP contribution in [0, 0.1) is 5.92 Å². The van der Waals surface area contributed by atoms with Crippen LogP contribution < -0.4 is 10.1 Å². The minimum Gasteiger partial charge on any atom is -0.496 e. The van der Waals surface area contributed by atoms with Crippen LogP contribution in [-0.2, 0) is 5.41 Å². The van der Waals surface area contributed by atoms with E-state index in [1.807, 2.05) is 12.1 Å². The van der Waals surface area contributed by atoms with Crippen molar-refractivity contribution in [3.8, 4) is 5.75 Å². The molecule has 2 nitrogen and oxygen atoms in total. The number of methoxy groups -OCH3 is 1. The number of halogens is 1. The van der Waals surface area contributed by atoms with Gasteiger partial charge in [0.05, 0.1) is 7.11 Å². The molecule has 0 spiro atoms. The monoisotopic (exact) mass is 267 g/mol. The minimum absolute atomic E-state index is 0.0731. The molecule has 2 rings (SSSR count). The highest BCUT2D eigenvalue weighted by atomic mass is 35.5. The van der Waals surface area contributed by atoms with Gasteiger partial charge in [0.2, 0.25) is 0 Å². The van der Waals surface area contributed by atoms with E-state index in [-0.39, 0.29) is 5.41 Å². The summed E-state index contributed by atoms with van der Waals surface area (Å²) in [4.78, 5) is 0. The van der Waals surface area contributed by atoms with Crippen molar-refractivity contribution in [3.05, 3.63) is 28.8 Å². The molecule has 1 unspecified atom stereocenters. The van der Waals surface area contributed by atoms with Crippen LogP contribution in [0.3, 0.4) is 0 Å². The normalized spacial score (nSPS) is 20.8. The molecule has 1 N–H and O–H groups in total. The Hall–Kier alpha value is -0.730. The van der Waals surface area contributed by atoms with Crippen LogP contribution in [-0.4, -0.2) is 20.2 Å². The Balaban J connectivity index is 2.35. The Bertz CT molecular complexity index is 411. The van der Waals surface area contributed by atoms with Crippen LogP contribution in [0.5, 0.6) is 5.75 Å². The molecule has 0 saturated carbocycles. The number of ether oxygens (including phenoxy) is 1. The van der Waals surface area contributed by atoms with E-state index in [2.05, 4.69) is 25.2 Å². The van der Waals surface area contributed by atoms with Crippen LogP contribution in [0.15, 0.2) is 18.2 Å². The first kappa shape index (κ1) is 13.7. The second-order valence-electron chi connectivity index (χ2n) is 5.61. The summed E-state index contributed by atoms with van der Waals surface area (Å²) in [6.45, 7) is 6.79. The second-order valence-corrected chi connectivity index (χ2v) is 6.05. The van der Waals surface area contributed by atoms with E-state index in [1.54, 1.807) is 7.11 Å². The molecule has 1 heterocycles. The fourth-order valence-corrected chi connectivity index (χ4v) is 3.04. The summed E-state index contributed by atoms with van der Waals surface area (Å²) in [5.41, 5.74) is 1.29. The standard InChI is InChI=1S/C15H22ClNO/c1-15(2,11-5-4-8-17-10-11)13-9-12(16)6-7-14(13)18-3/h6-7,9,11,17H,4-5,8,10H2,1-3H3. The molecule has 3 heteroatoms. The number of hydrogen-bond acceptors (Lipinski definition) is 2. The highest BCUT2D eigenvalue weighted by Crippen LogP contribution is 2.41. The SMILES string of the molecule is COc1ccc(Cl)cc1C(C)(C)C1CCCNC1. The summed E-state index contributed by atoms with van der Waals surface area (Å²) in [7, 11) is 1.72. The maximum atomic E-state index is 6.15. The summed E-state index contributed by atoms with van der Waals surface area (Å²) >= 11 is 6.15. The Morgan fingerprint density at radius 2 is 2.17 bits per heavy atom. The fourth-order valence-electron chi connectivity index (χ4n) is 2.87. The van der Waals surface area contributed by atoms with Crippen LogP contribution in [0.25, 0.3) is 0 Å². The summed E-state index contributed by atoms with van der Waals surface area (Å²) in [5.74, 6) is 1.56. The summed E-state index contributed by atoms with van der Waals surface area (Å²) in [6, 6.07) is 5.91. The lowest BCUT2D eigenvalue weighted by molar-refractivity contribution is 0.245. The first-order valence-corrected chi connectivity index (χ1v) is 6.98. The van der Waals surface area contributed by atoms with Gasteiger partial charge in [-0.3, -0.25) is 0 Å². The lowest BCUT2D eigenvalue weighted by Crippen LogP contribution is -2.40. The molecule has 100 valence electrons. The molecule has 1 atom stereocenters. The van der Waals surface area contributed by atoms with Crippen molar-refractivity contribution in [2.24, 2.45) is 5.92 Å². The van der Waals surface area contributed by atoms with Crippen molar-refractivity contribution in [3.63, 3.8) is 0 Å². The maximum absolute atomic E-state index is 6.15. The van der Waals surface area contributed by atoms with Crippen molar-refractivity contribution < 1.29 is 4.74 Å². The molecule has 0 bridgehead atoms. The van der Waals surface area contributed by atoms with Gasteiger partial charge in [-0.05, 0) is 55.5 Å². The van der Waals surface area contributed by atoms with Crippen LogP contribution in [0.2, 0.25) is 5.02 Å². The van der Waals surface area contributed by atoms with Crippen molar-refractivity contribution in [2.75, 3.05) is 20.2 Å². The third-order valence-electron chi connectivity index (χ3n) is 4.17. The molecule has 1 aromatic rings. The Labute approximate surface area is 115 Å². The first-order chi connectivity index (χ1) is 8.55. The van der Waals surface area contributed by atoms with Crippen LogP contribution in [0.1, 0.15) is 32.3 Å². The molecule has 0 aliphatic carbocycles. The summed E-state index contributed by atoms with van der Waals surface area (Å²) in [5, 5.41) is 4.27.